The summed E-state index contributed by atoms with van der Waals surface area (Å²) in [5.41, 5.74) is 1.98. The Kier molecular flexibility index (Phi) is 3.37. The Labute approximate surface area is 95.1 Å². The maximum Gasteiger partial charge on any atom is 0.213 e. The van der Waals surface area contributed by atoms with Crippen LogP contribution < -0.4 is 0 Å². The van der Waals surface area contributed by atoms with Gasteiger partial charge in [-0.15, -0.1) is 0 Å². The van der Waals surface area contributed by atoms with Crippen LogP contribution in [0.3, 0.4) is 0 Å². The van der Waals surface area contributed by atoms with Gasteiger partial charge in [-0.1, -0.05) is 36.4 Å². The van der Waals surface area contributed by atoms with E-state index in [4.69, 9.17) is 4.74 Å². The number of methoxy groups -OCH3 is 1. The van der Waals surface area contributed by atoms with E-state index in [1.54, 1.807) is 7.11 Å². The third-order valence-electron chi connectivity index (χ3n) is 2.70. The molecule has 0 spiro atoms. The molecule has 1 aromatic carbocycles. The van der Waals surface area contributed by atoms with Crippen LogP contribution in [0.25, 0.3) is 0 Å². The third-order valence-corrected chi connectivity index (χ3v) is 2.70. The first-order valence-electron chi connectivity index (χ1n) is 5.30. The molecule has 1 atom stereocenters. The number of hydrogen-bond donors (Lipinski definition) is 1. The first kappa shape index (κ1) is 10.9. The molecule has 1 aromatic rings. The van der Waals surface area contributed by atoms with Crippen molar-refractivity contribution < 1.29 is 9.84 Å². The Morgan fingerprint density at radius 2 is 2.12 bits per heavy atom. The Bertz CT molecular complexity index is 409. The fourth-order valence-electron chi connectivity index (χ4n) is 1.87. The van der Waals surface area contributed by atoms with Crippen molar-refractivity contribution in [2.24, 2.45) is 4.99 Å². The maximum absolute atomic E-state index is 9.23. The molecule has 3 heteroatoms. The van der Waals surface area contributed by atoms with Crippen LogP contribution in [0.2, 0.25) is 0 Å². The summed E-state index contributed by atoms with van der Waals surface area (Å²) in [6, 6.07) is 10.2. The number of aliphatic hydroxyl groups excluding tert-OH is 1. The summed E-state index contributed by atoms with van der Waals surface area (Å²) in [5, 5.41) is 9.23. The fourth-order valence-corrected chi connectivity index (χ4v) is 1.87. The third kappa shape index (κ3) is 2.14. The lowest BCUT2D eigenvalue weighted by molar-refractivity contribution is 0.322. The zero-order valence-corrected chi connectivity index (χ0v) is 9.26. The van der Waals surface area contributed by atoms with E-state index >= 15 is 0 Å². The molecular weight excluding hydrogens is 202 g/mol. The van der Waals surface area contributed by atoms with Crippen molar-refractivity contribution in [3.8, 4) is 0 Å². The topological polar surface area (TPSA) is 41.8 Å². The lowest BCUT2D eigenvalue weighted by Gasteiger charge is -2.19. The van der Waals surface area contributed by atoms with E-state index in [9.17, 15) is 5.11 Å². The van der Waals surface area contributed by atoms with Gasteiger partial charge in [0.1, 0.15) is 0 Å². The van der Waals surface area contributed by atoms with Crippen molar-refractivity contribution in [1.82, 2.24) is 0 Å². The molecule has 0 fully saturated rings. The average Bonchev–Trinajstić information content (AvgIpc) is 2.39. The van der Waals surface area contributed by atoms with E-state index in [0.29, 0.717) is 12.4 Å². The van der Waals surface area contributed by atoms with Gasteiger partial charge in [-0.25, -0.2) is 0 Å². The normalized spacial score (nSPS) is 20.0. The molecule has 0 aromatic heterocycles. The van der Waals surface area contributed by atoms with Crippen LogP contribution in [0.4, 0.5) is 0 Å². The lowest BCUT2D eigenvalue weighted by atomic mass is 9.95. The van der Waals surface area contributed by atoms with Gasteiger partial charge in [-0.3, -0.25) is 4.99 Å². The second-order valence-corrected chi connectivity index (χ2v) is 3.72. The van der Waals surface area contributed by atoms with Crippen LogP contribution in [0.15, 0.2) is 47.0 Å². The van der Waals surface area contributed by atoms with Gasteiger partial charge < -0.3 is 9.84 Å². The van der Waals surface area contributed by atoms with Crippen LogP contribution in [0.1, 0.15) is 11.5 Å². The van der Waals surface area contributed by atoms with E-state index < -0.39 is 0 Å². The molecular formula is C13H15NO2. The molecule has 84 valence electrons. The Balaban J connectivity index is 2.23. The second kappa shape index (κ2) is 4.94. The summed E-state index contributed by atoms with van der Waals surface area (Å²) in [7, 11) is 1.57. The van der Waals surface area contributed by atoms with E-state index in [1.807, 2.05) is 24.3 Å². The highest BCUT2D eigenvalue weighted by Gasteiger charge is 2.18. The van der Waals surface area contributed by atoms with Crippen molar-refractivity contribution in [3.63, 3.8) is 0 Å². The van der Waals surface area contributed by atoms with E-state index in [-0.39, 0.29) is 12.5 Å². The fraction of sp³-hybridized carbons (Fsp3) is 0.308. The molecule has 1 unspecified atom stereocenters. The Morgan fingerprint density at radius 3 is 2.75 bits per heavy atom. The molecule has 1 aliphatic rings. The largest absolute Gasteiger partial charge is 0.481 e. The van der Waals surface area contributed by atoms with Crippen molar-refractivity contribution in [3.05, 3.63) is 47.5 Å². The Hall–Kier alpha value is -1.61. The molecule has 1 aliphatic heterocycles. The standard InChI is InChI=1S/C13H15NO2/c1-16-13-12(9-15)7-11(8-14-13)10-5-3-2-4-6-10/h2-7,11,15H,8-9H2,1H3. The molecule has 0 amide bonds. The van der Waals surface area contributed by atoms with Crippen LogP contribution in [0.5, 0.6) is 0 Å². The molecule has 0 saturated carbocycles. The minimum atomic E-state index is -0.0317. The maximum atomic E-state index is 9.23. The highest BCUT2D eigenvalue weighted by molar-refractivity contribution is 5.94. The van der Waals surface area contributed by atoms with Crippen LogP contribution in [-0.2, 0) is 4.74 Å². The zero-order chi connectivity index (χ0) is 11.4. The first-order chi connectivity index (χ1) is 7.85. The van der Waals surface area contributed by atoms with Crippen molar-refractivity contribution >= 4 is 5.90 Å². The van der Waals surface area contributed by atoms with Gasteiger partial charge in [0.15, 0.2) is 0 Å². The number of rotatable bonds is 2. The number of nitrogens with zero attached hydrogens (tertiary/aromatic N) is 1. The number of aliphatic hydroxyl groups is 1. The molecule has 3 nitrogen and oxygen atoms in total. The predicted molar refractivity (Wildman–Crippen MR) is 63.7 cm³/mol. The summed E-state index contributed by atoms with van der Waals surface area (Å²) in [5.74, 6) is 0.789. The van der Waals surface area contributed by atoms with Crippen LogP contribution in [0, 0.1) is 0 Å². The monoisotopic (exact) mass is 217 g/mol. The summed E-state index contributed by atoms with van der Waals surface area (Å²) < 4.78 is 5.10. The van der Waals surface area contributed by atoms with Gasteiger partial charge >= 0.3 is 0 Å². The van der Waals surface area contributed by atoms with Gasteiger partial charge in [0.25, 0.3) is 0 Å². The van der Waals surface area contributed by atoms with E-state index in [0.717, 1.165) is 5.57 Å². The number of dihydropyridines is 1. The average molecular weight is 217 g/mol. The van der Waals surface area contributed by atoms with Gasteiger partial charge in [0, 0.05) is 11.5 Å². The number of benzene rings is 1. The van der Waals surface area contributed by atoms with E-state index in [1.165, 1.54) is 5.56 Å². The lowest BCUT2D eigenvalue weighted by Crippen LogP contribution is -2.18. The molecule has 0 saturated heterocycles. The van der Waals surface area contributed by atoms with Gasteiger partial charge in [0.05, 0.1) is 20.3 Å². The number of ether oxygens (including phenoxy) is 1. The highest BCUT2D eigenvalue weighted by atomic mass is 16.5. The quantitative estimate of drug-likeness (QED) is 0.820. The van der Waals surface area contributed by atoms with Crippen molar-refractivity contribution in [1.29, 1.82) is 0 Å². The summed E-state index contributed by atoms with van der Waals surface area (Å²) >= 11 is 0. The minimum Gasteiger partial charge on any atom is -0.481 e. The molecule has 1 heterocycles. The number of aliphatic imine (C=N–C) groups is 1. The molecule has 1 N–H and O–H groups in total. The molecule has 2 rings (SSSR count). The Morgan fingerprint density at radius 1 is 1.38 bits per heavy atom. The summed E-state index contributed by atoms with van der Waals surface area (Å²) in [4.78, 5) is 4.32. The van der Waals surface area contributed by atoms with Crippen LogP contribution in [-0.4, -0.2) is 31.3 Å². The highest BCUT2D eigenvalue weighted by Crippen LogP contribution is 2.23. The molecule has 0 aliphatic carbocycles. The SMILES string of the molecule is COC1=NCC(c2ccccc2)C=C1CO. The van der Waals surface area contributed by atoms with Crippen LogP contribution >= 0.6 is 0 Å². The van der Waals surface area contributed by atoms with Crippen molar-refractivity contribution in [2.75, 3.05) is 20.3 Å². The van der Waals surface area contributed by atoms with Gasteiger partial charge in [-0.2, -0.15) is 0 Å². The minimum absolute atomic E-state index is 0.0317. The van der Waals surface area contributed by atoms with Gasteiger partial charge in [-0.05, 0) is 5.56 Å². The first-order valence-corrected chi connectivity index (χ1v) is 5.30. The smallest absolute Gasteiger partial charge is 0.213 e. The molecule has 16 heavy (non-hydrogen) atoms. The number of hydrogen-bond acceptors (Lipinski definition) is 3. The molecule has 0 radical (unpaired) electrons. The summed E-state index contributed by atoms with van der Waals surface area (Å²) in [6.45, 7) is 0.646. The predicted octanol–water partition coefficient (Wildman–Crippen LogP) is 1.75. The van der Waals surface area contributed by atoms with Crippen molar-refractivity contribution in [2.45, 2.75) is 5.92 Å². The second-order valence-electron chi connectivity index (χ2n) is 3.72. The van der Waals surface area contributed by atoms with Gasteiger partial charge in [0.2, 0.25) is 5.90 Å². The molecule has 0 bridgehead atoms. The summed E-state index contributed by atoms with van der Waals surface area (Å²) in [6.07, 6.45) is 2.03. The van der Waals surface area contributed by atoms with E-state index in [2.05, 4.69) is 17.1 Å². The zero-order valence-electron chi connectivity index (χ0n) is 9.26.